The zero-order valence-corrected chi connectivity index (χ0v) is 10.5. The highest BCUT2D eigenvalue weighted by atomic mass is 35.5. The van der Waals surface area contributed by atoms with Crippen LogP contribution in [0.1, 0.15) is 10.4 Å². The van der Waals surface area contributed by atoms with E-state index in [0.29, 0.717) is 5.56 Å². The summed E-state index contributed by atoms with van der Waals surface area (Å²) in [6.07, 6.45) is 0. The van der Waals surface area contributed by atoms with Crippen molar-refractivity contribution >= 4 is 34.9 Å². The molecule has 0 unspecified atom stereocenters. The van der Waals surface area contributed by atoms with Crippen LogP contribution >= 0.6 is 24.0 Å². The number of rotatable bonds is 2. The molecule has 0 aromatic heterocycles. The number of carbonyl (C=O) groups excluding carboxylic acids is 1. The summed E-state index contributed by atoms with van der Waals surface area (Å²) in [6.45, 7) is 0. The third kappa shape index (κ3) is 3.22. The molecule has 0 bridgehead atoms. The van der Waals surface area contributed by atoms with Gasteiger partial charge in [0.1, 0.15) is 0 Å². The predicted molar refractivity (Wildman–Crippen MR) is 73.7 cm³/mol. The molecule has 4 heteroatoms. The van der Waals surface area contributed by atoms with Crippen LogP contribution in [0.4, 0.5) is 5.69 Å². The minimum atomic E-state index is -0.441. The summed E-state index contributed by atoms with van der Waals surface area (Å²) in [4.78, 5) is 10.9. The van der Waals surface area contributed by atoms with Crippen LogP contribution in [0.5, 0.6) is 0 Å². The second-order valence-electron chi connectivity index (χ2n) is 3.47. The molecule has 2 aromatic rings. The number of hydrogen-bond acceptors (Lipinski definition) is 2. The summed E-state index contributed by atoms with van der Waals surface area (Å²) in [5, 5.41) is -0.441. The Balaban J connectivity index is 0.00000144. The number of hydrogen-bond donors (Lipinski definition) is 1. The molecule has 2 aromatic carbocycles. The Morgan fingerprint density at radius 1 is 0.882 bits per heavy atom. The summed E-state index contributed by atoms with van der Waals surface area (Å²) < 4.78 is 0. The highest BCUT2D eigenvalue weighted by Gasteiger charge is 2.02. The van der Waals surface area contributed by atoms with Gasteiger partial charge in [0.05, 0.1) is 0 Å². The minimum Gasteiger partial charge on any atom is -0.399 e. The van der Waals surface area contributed by atoms with Crippen molar-refractivity contribution in [3.05, 3.63) is 54.1 Å². The molecule has 2 N–H and O–H groups in total. The van der Waals surface area contributed by atoms with Gasteiger partial charge in [-0.2, -0.15) is 0 Å². The van der Waals surface area contributed by atoms with E-state index in [9.17, 15) is 4.79 Å². The van der Waals surface area contributed by atoms with Crippen LogP contribution in [-0.2, 0) is 0 Å². The Hall–Kier alpha value is -1.51. The molecule has 0 aliphatic rings. The molecule has 0 saturated carbocycles. The van der Waals surface area contributed by atoms with Crippen LogP contribution in [0.15, 0.2) is 48.5 Å². The molecule has 0 fully saturated rings. The summed E-state index contributed by atoms with van der Waals surface area (Å²) in [7, 11) is 0. The lowest BCUT2D eigenvalue weighted by molar-refractivity contribution is 0.108. The highest BCUT2D eigenvalue weighted by molar-refractivity contribution is 6.67. The molecule has 0 saturated heterocycles. The lowest BCUT2D eigenvalue weighted by atomic mass is 10.0. The van der Waals surface area contributed by atoms with Crippen molar-refractivity contribution in [2.45, 2.75) is 0 Å². The first kappa shape index (κ1) is 13.6. The van der Waals surface area contributed by atoms with Gasteiger partial charge in [-0.1, -0.05) is 24.3 Å². The molecule has 0 radical (unpaired) electrons. The van der Waals surface area contributed by atoms with Gasteiger partial charge in [-0.25, -0.2) is 0 Å². The van der Waals surface area contributed by atoms with Crippen LogP contribution < -0.4 is 5.73 Å². The molecule has 17 heavy (non-hydrogen) atoms. The highest BCUT2D eigenvalue weighted by Crippen LogP contribution is 2.21. The van der Waals surface area contributed by atoms with Gasteiger partial charge in [-0.3, -0.25) is 4.79 Å². The topological polar surface area (TPSA) is 43.1 Å². The number of benzene rings is 2. The van der Waals surface area contributed by atoms with Gasteiger partial charge < -0.3 is 5.73 Å². The van der Waals surface area contributed by atoms with Crippen molar-refractivity contribution in [1.29, 1.82) is 0 Å². The lowest BCUT2D eigenvalue weighted by Gasteiger charge is -2.02. The smallest absolute Gasteiger partial charge is 0.252 e. The maximum Gasteiger partial charge on any atom is 0.252 e. The number of nitrogens with two attached hydrogens (primary N) is 1. The normalized spacial score (nSPS) is 9.47. The van der Waals surface area contributed by atoms with Crippen molar-refractivity contribution in [3.8, 4) is 11.1 Å². The van der Waals surface area contributed by atoms with Gasteiger partial charge in [-0.05, 0) is 47.0 Å². The van der Waals surface area contributed by atoms with Crippen molar-refractivity contribution in [2.24, 2.45) is 0 Å². The SMILES string of the molecule is Cl.Nc1ccc(-c2ccc(C(=O)Cl)cc2)cc1. The maximum absolute atomic E-state index is 10.9. The fourth-order valence-corrected chi connectivity index (χ4v) is 1.60. The summed E-state index contributed by atoms with van der Waals surface area (Å²) in [5.41, 5.74) is 8.93. The summed E-state index contributed by atoms with van der Waals surface area (Å²) >= 11 is 5.37. The van der Waals surface area contributed by atoms with Crippen LogP contribution in [0.2, 0.25) is 0 Å². The standard InChI is InChI=1S/C13H10ClNO.ClH/c14-13(16)11-3-1-9(2-4-11)10-5-7-12(15)8-6-10;/h1-8H,15H2;1H. The monoisotopic (exact) mass is 267 g/mol. The van der Waals surface area contributed by atoms with Gasteiger partial charge in [0, 0.05) is 11.3 Å². The minimum absolute atomic E-state index is 0. The van der Waals surface area contributed by atoms with E-state index >= 15 is 0 Å². The molecule has 2 nitrogen and oxygen atoms in total. The van der Waals surface area contributed by atoms with E-state index in [1.165, 1.54) is 0 Å². The average molecular weight is 268 g/mol. The summed E-state index contributed by atoms with van der Waals surface area (Å²) in [5.74, 6) is 0. The van der Waals surface area contributed by atoms with Crippen molar-refractivity contribution < 1.29 is 4.79 Å². The fraction of sp³-hybridized carbons (Fsp3) is 0. The second kappa shape index (κ2) is 5.71. The Labute approximate surface area is 111 Å². The van der Waals surface area contributed by atoms with E-state index in [1.54, 1.807) is 12.1 Å². The second-order valence-corrected chi connectivity index (χ2v) is 3.82. The average Bonchev–Trinajstić information content (AvgIpc) is 2.30. The Morgan fingerprint density at radius 3 is 1.71 bits per heavy atom. The Kier molecular flexibility index (Phi) is 4.55. The molecule has 0 spiro atoms. The number of carbonyl (C=O) groups is 1. The Bertz CT molecular complexity index is 506. The van der Waals surface area contributed by atoms with E-state index < -0.39 is 5.24 Å². The van der Waals surface area contributed by atoms with Crippen molar-refractivity contribution in [1.82, 2.24) is 0 Å². The zero-order valence-electron chi connectivity index (χ0n) is 8.89. The first-order valence-corrected chi connectivity index (χ1v) is 5.20. The van der Waals surface area contributed by atoms with Crippen LogP contribution in [0.3, 0.4) is 0 Å². The molecule has 0 atom stereocenters. The zero-order chi connectivity index (χ0) is 11.5. The van der Waals surface area contributed by atoms with Crippen molar-refractivity contribution in [2.75, 3.05) is 5.73 Å². The fourth-order valence-electron chi connectivity index (χ4n) is 1.47. The van der Waals surface area contributed by atoms with Gasteiger partial charge in [0.15, 0.2) is 0 Å². The molecule has 0 heterocycles. The van der Waals surface area contributed by atoms with Crippen LogP contribution in [0, 0.1) is 0 Å². The Morgan fingerprint density at radius 2 is 1.29 bits per heavy atom. The van der Waals surface area contributed by atoms with Crippen LogP contribution in [0.25, 0.3) is 11.1 Å². The first-order chi connectivity index (χ1) is 7.66. The largest absolute Gasteiger partial charge is 0.399 e. The third-order valence-corrected chi connectivity index (χ3v) is 2.57. The molecular weight excluding hydrogens is 257 g/mol. The molecular formula is C13H11Cl2NO. The lowest BCUT2D eigenvalue weighted by Crippen LogP contribution is -1.88. The van der Waals surface area contributed by atoms with Gasteiger partial charge in [-0.15, -0.1) is 12.4 Å². The first-order valence-electron chi connectivity index (χ1n) is 4.82. The van der Waals surface area contributed by atoms with Gasteiger partial charge in [0.2, 0.25) is 0 Å². The number of nitrogen functional groups attached to an aromatic ring is 1. The van der Waals surface area contributed by atoms with E-state index in [1.807, 2.05) is 36.4 Å². The van der Waals surface area contributed by atoms with E-state index in [-0.39, 0.29) is 12.4 Å². The molecule has 0 aliphatic heterocycles. The van der Waals surface area contributed by atoms with Gasteiger partial charge in [0.25, 0.3) is 5.24 Å². The quantitative estimate of drug-likeness (QED) is 0.666. The third-order valence-electron chi connectivity index (χ3n) is 2.36. The summed E-state index contributed by atoms with van der Waals surface area (Å²) in [6, 6.07) is 14.7. The molecule has 2 rings (SSSR count). The van der Waals surface area contributed by atoms with E-state index in [4.69, 9.17) is 17.3 Å². The molecule has 0 aliphatic carbocycles. The van der Waals surface area contributed by atoms with Crippen molar-refractivity contribution in [3.63, 3.8) is 0 Å². The molecule has 88 valence electrons. The number of anilines is 1. The van der Waals surface area contributed by atoms with E-state index in [0.717, 1.165) is 16.8 Å². The number of halogens is 2. The maximum atomic E-state index is 10.9. The van der Waals surface area contributed by atoms with E-state index in [2.05, 4.69) is 0 Å². The predicted octanol–water partition coefficient (Wildman–Crippen LogP) is 3.74. The molecule has 0 amide bonds. The van der Waals surface area contributed by atoms with Crippen LogP contribution in [-0.4, -0.2) is 5.24 Å². The van der Waals surface area contributed by atoms with Gasteiger partial charge >= 0.3 is 0 Å².